The Bertz CT molecular complexity index is 1100. The van der Waals surface area contributed by atoms with Crippen LogP contribution in [-0.4, -0.2) is 27.8 Å². The number of para-hydroxylation sites is 1. The van der Waals surface area contributed by atoms with Gasteiger partial charge in [-0.3, -0.25) is 19.1 Å². The maximum atomic E-state index is 12.2. The number of carbonyl (C=O) groups is 2. The molecule has 8 heteroatoms. The van der Waals surface area contributed by atoms with Crippen LogP contribution in [0.25, 0.3) is 10.9 Å². The minimum atomic E-state index is -0.941. The first-order valence-corrected chi connectivity index (χ1v) is 9.49. The van der Waals surface area contributed by atoms with E-state index in [1.165, 1.54) is 13.1 Å². The first-order valence-electron chi connectivity index (χ1n) is 9.11. The van der Waals surface area contributed by atoms with Crippen molar-refractivity contribution in [2.24, 2.45) is 0 Å². The van der Waals surface area contributed by atoms with Crippen LogP contribution in [0.15, 0.2) is 59.5 Å². The molecule has 0 radical (unpaired) electrons. The van der Waals surface area contributed by atoms with Gasteiger partial charge in [0.05, 0.1) is 24.7 Å². The fourth-order valence-corrected chi connectivity index (χ4v) is 3.02. The number of fused-ring (bicyclic) bond motifs is 1. The molecule has 0 aliphatic carbocycles. The van der Waals surface area contributed by atoms with Gasteiger partial charge in [0.15, 0.2) is 6.10 Å². The quantitative estimate of drug-likeness (QED) is 0.601. The third kappa shape index (κ3) is 5.20. The number of hydrogen-bond acceptors (Lipinski definition) is 5. The minimum Gasteiger partial charge on any atom is -0.452 e. The number of esters is 1. The molecule has 1 heterocycles. The van der Waals surface area contributed by atoms with Crippen LogP contribution in [0, 0.1) is 0 Å². The van der Waals surface area contributed by atoms with Gasteiger partial charge in [0.1, 0.15) is 0 Å². The molecule has 0 saturated carbocycles. The number of nitrogens with one attached hydrogen (secondary N) is 1. The molecule has 0 spiro atoms. The number of amides is 1. The van der Waals surface area contributed by atoms with Crippen molar-refractivity contribution in [1.82, 2.24) is 15.1 Å². The fourth-order valence-electron chi connectivity index (χ4n) is 2.81. The van der Waals surface area contributed by atoms with Crippen molar-refractivity contribution in [3.8, 4) is 0 Å². The lowest BCUT2D eigenvalue weighted by Gasteiger charge is -2.14. The summed E-state index contributed by atoms with van der Waals surface area (Å²) in [6.07, 6.45) is 0.296. The van der Waals surface area contributed by atoms with Crippen molar-refractivity contribution in [3.05, 3.63) is 75.5 Å². The van der Waals surface area contributed by atoms with E-state index in [9.17, 15) is 14.4 Å². The molecule has 1 aromatic heterocycles. The number of rotatable bonds is 7. The highest BCUT2D eigenvalue weighted by atomic mass is 35.5. The molecule has 0 saturated heterocycles. The van der Waals surface area contributed by atoms with Gasteiger partial charge >= 0.3 is 5.97 Å². The van der Waals surface area contributed by atoms with Gasteiger partial charge in [0.2, 0.25) is 5.43 Å². The summed E-state index contributed by atoms with van der Waals surface area (Å²) in [5.41, 5.74) is 1.23. The molecule has 1 amide bonds. The number of aromatic nitrogens is 2. The van der Waals surface area contributed by atoms with Crippen LogP contribution in [0.1, 0.15) is 18.9 Å². The SMILES string of the molecule is C[C@@H](OC(=O)CCn1ncc(=O)c2ccccc21)C(=O)NCc1ccccc1Cl. The Morgan fingerprint density at radius 2 is 1.90 bits per heavy atom. The second-order valence-corrected chi connectivity index (χ2v) is 6.85. The van der Waals surface area contributed by atoms with E-state index in [4.69, 9.17) is 16.3 Å². The molecule has 0 bridgehead atoms. The van der Waals surface area contributed by atoms with Gasteiger partial charge < -0.3 is 10.1 Å². The zero-order valence-electron chi connectivity index (χ0n) is 15.8. The van der Waals surface area contributed by atoms with Crippen LogP contribution < -0.4 is 10.7 Å². The Labute approximate surface area is 172 Å². The Morgan fingerprint density at radius 1 is 1.17 bits per heavy atom. The topological polar surface area (TPSA) is 90.3 Å². The highest BCUT2D eigenvalue weighted by molar-refractivity contribution is 6.31. The van der Waals surface area contributed by atoms with Crippen LogP contribution in [0.4, 0.5) is 0 Å². The van der Waals surface area contributed by atoms with Crippen molar-refractivity contribution in [2.75, 3.05) is 0 Å². The number of ether oxygens (including phenoxy) is 1. The van der Waals surface area contributed by atoms with Crippen LogP contribution in [0.3, 0.4) is 0 Å². The van der Waals surface area contributed by atoms with Gasteiger partial charge in [-0.2, -0.15) is 5.10 Å². The van der Waals surface area contributed by atoms with Crippen molar-refractivity contribution in [3.63, 3.8) is 0 Å². The second-order valence-electron chi connectivity index (χ2n) is 6.44. The molecule has 2 aromatic carbocycles. The number of carbonyl (C=O) groups excluding carboxylic acids is 2. The fraction of sp³-hybridized carbons (Fsp3) is 0.238. The summed E-state index contributed by atoms with van der Waals surface area (Å²) in [6, 6.07) is 14.2. The molecule has 3 aromatic rings. The highest BCUT2D eigenvalue weighted by Gasteiger charge is 2.18. The number of nitrogens with zero attached hydrogens (tertiary/aromatic N) is 2. The van der Waals surface area contributed by atoms with E-state index in [-0.39, 0.29) is 24.9 Å². The molecule has 29 heavy (non-hydrogen) atoms. The summed E-state index contributed by atoms with van der Waals surface area (Å²) in [6.45, 7) is 1.98. The van der Waals surface area contributed by atoms with Gasteiger partial charge in [-0.1, -0.05) is 41.9 Å². The van der Waals surface area contributed by atoms with E-state index in [0.29, 0.717) is 15.9 Å². The predicted octanol–water partition coefficient (Wildman–Crippen LogP) is 2.69. The van der Waals surface area contributed by atoms with Gasteiger partial charge in [0, 0.05) is 17.0 Å². The Balaban J connectivity index is 1.53. The summed E-state index contributed by atoms with van der Waals surface area (Å²) < 4.78 is 6.77. The summed E-state index contributed by atoms with van der Waals surface area (Å²) in [5.74, 6) is -0.944. The van der Waals surface area contributed by atoms with E-state index in [1.807, 2.05) is 6.07 Å². The summed E-state index contributed by atoms with van der Waals surface area (Å²) in [5, 5.41) is 7.85. The van der Waals surface area contributed by atoms with Gasteiger partial charge in [-0.25, -0.2) is 0 Å². The smallest absolute Gasteiger partial charge is 0.308 e. The Kier molecular flexibility index (Phi) is 6.61. The lowest BCUT2D eigenvalue weighted by molar-refractivity contribution is -0.155. The lowest BCUT2D eigenvalue weighted by atomic mass is 10.2. The summed E-state index contributed by atoms with van der Waals surface area (Å²) in [4.78, 5) is 36.2. The van der Waals surface area contributed by atoms with Crippen LogP contribution >= 0.6 is 11.6 Å². The maximum absolute atomic E-state index is 12.2. The van der Waals surface area contributed by atoms with Crippen LogP contribution in [0.2, 0.25) is 5.02 Å². The zero-order chi connectivity index (χ0) is 20.8. The van der Waals surface area contributed by atoms with Crippen molar-refractivity contribution >= 4 is 34.4 Å². The molecule has 3 rings (SSSR count). The average Bonchev–Trinajstić information content (AvgIpc) is 2.72. The summed E-state index contributed by atoms with van der Waals surface area (Å²) in [7, 11) is 0. The van der Waals surface area contributed by atoms with E-state index in [0.717, 1.165) is 5.56 Å². The monoisotopic (exact) mass is 413 g/mol. The normalized spacial score (nSPS) is 11.8. The van der Waals surface area contributed by atoms with Crippen LogP contribution in [0.5, 0.6) is 0 Å². The first-order chi connectivity index (χ1) is 14.0. The van der Waals surface area contributed by atoms with Gasteiger partial charge in [-0.15, -0.1) is 0 Å². The third-order valence-corrected chi connectivity index (χ3v) is 4.75. The number of benzene rings is 2. The zero-order valence-corrected chi connectivity index (χ0v) is 16.6. The van der Waals surface area contributed by atoms with E-state index < -0.39 is 18.0 Å². The minimum absolute atomic E-state index is 0.0159. The molecule has 0 aliphatic rings. The number of aryl methyl sites for hydroxylation is 1. The standard InChI is InChI=1S/C21H20ClN3O4/c1-14(21(28)23-12-15-6-2-4-8-17(15)22)29-20(27)10-11-25-18-9-5-3-7-16(18)19(26)13-24-25/h2-9,13-14H,10-12H2,1H3,(H,23,28)/t14-/m1/s1. The maximum Gasteiger partial charge on any atom is 0.308 e. The summed E-state index contributed by atoms with van der Waals surface area (Å²) >= 11 is 6.06. The van der Waals surface area contributed by atoms with E-state index in [1.54, 1.807) is 47.1 Å². The molecule has 0 unspecified atom stereocenters. The molecular weight excluding hydrogens is 394 g/mol. The molecule has 1 atom stereocenters. The molecular formula is C21H20ClN3O4. The predicted molar refractivity (Wildman–Crippen MR) is 109 cm³/mol. The third-order valence-electron chi connectivity index (χ3n) is 4.38. The van der Waals surface area contributed by atoms with Crippen molar-refractivity contribution in [1.29, 1.82) is 0 Å². The highest BCUT2D eigenvalue weighted by Crippen LogP contribution is 2.14. The molecule has 1 N–H and O–H groups in total. The van der Waals surface area contributed by atoms with Gasteiger partial charge in [0.25, 0.3) is 5.91 Å². The Hall–Kier alpha value is -3.19. The molecule has 150 valence electrons. The first kappa shape index (κ1) is 20.5. The van der Waals surface area contributed by atoms with E-state index in [2.05, 4.69) is 10.4 Å². The van der Waals surface area contributed by atoms with Gasteiger partial charge in [-0.05, 0) is 30.7 Å². The molecule has 0 fully saturated rings. The second kappa shape index (κ2) is 9.34. The molecule has 0 aliphatic heterocycles. The number of halogens is 1. The molecule has 7 nitrogen and oxygen atoms in total. The lowest BCUT2D eigenvalue weighted by Crippen LogP contribution is -2.35. The Morgan fingerprint density at radius 3 is 2.69 bits per heavy atom. The number of hydrogen-bond donors (Lipinski definition) is 1. The van der Waals surface area contributed by atoms with Crippen LogP contribution in [-0.2, 0) is 27.4 Å². The largest absolute Gasteiger partial charge is 0.452 e. The van der Waals surface area contributed by atoms with Crippen molar-refractivity contribution < 1.29 is 14.3 Å². The average molecular weight is 414 g/mol. The van der Waals surface area contributed by atoms with E-state index >= 15 is 0 Å². The van der Waals surface area contributed by atoms with Crippen molar-refractivity contribution in [2.45, 2.75) is 32.5 Å².